The molecule has 3 nitrogen and oxygen atoms in total. The number of ether oxygens (including phenoxy) is 1. The van der Waals surface area contributed by atoms with Gasteiger partial charge in [0.05, 0.1) is 13.2 Å². The Morgan fingerprint density at radius 1 is 1.00 bits per heavy atom. The monoisotopic (exact) mass is 357 g/mol. The van der Waals surface area contributed by atoms with Crippen LogP contribution in [-0.4, -0.2) is 19.4 Å². The van der Waals surface area contributed by atoms with E-state index in [-0.39, 0.29) is 11.8 Å². The molecular formula is C24H23NO2. The van der Waals surface area contributed by atoms with E-state index in [0.29, 0.717) is 17.7 Å². The molecule has 1 aliphatic rings. The summed E-state index contributed by atoms with van der Waals surface area (Å²) in [5, 5.41) is 0. The third-order valence-corrected chi connectivity index (χ3v) is 5.27. The number of fused-ring (bicyclic) bond motifs is 1. The summed E-state index contributed by atoms with van der Waals surface area (Å²) in [5.74, 6) is 0.848. The van der Waals surface area contributed by atoms with Crippen LogP contribution in [0.4, 0.5) is 5.69 Å². The standard InChI is InChI=1S/C24H23NO2/c1-27-21-12-7-9-19(16-21)24(26)17-23-22-13-6-5-8-18(22)14-15-25(23)20-10-3-2-4-11-20/h2-13,16,23H,14-15,17H2,1H3. The second-order valence-electron chi connectivity index (χ2n) is 6.85. The Morgan fingerprint density at radius 3 is 2.59 bits per heavy atom. The molecule has 0 aromatic heterocycles. The fraction of sp³-hybridized carbons (Fsp3) is 0.208. The van der Waals surface area contributed by atoms with Gasteiger partial charge in [-0.2, -0.15) is 0 Å². The molecule has 0 saturated carbocycles. The number of carbonyl (C=O) groups excluding carboxylic acids is 1. The molecule has 0 bridgehead atoms. The molecule has 3 aromatic carbocycles. The van der Waals surface area contributed by atoms with E-state index in [9.17, 15) is 4.79 Å². The minimum Gasteiger partial charge on any atom is -0.497 e. The number of rotatable bonds is 5. The highest BCUT2D eigenvalue weighted by molar-refractivity contribution is 5.97. The zero-order valence-electron chi connectivity index (χ0n) is 15.5. The normalized spacial score (nSPS) is 15.9. The van der Waals surface area contributed by atoms with Crippen molar-refractivity contribution in [2.45, 2.75) is 18.9 Å². The van der Waals surface area contributed by atoms with Crippen molar-refractivity contribution < 1.29 is 9.53 Å². The van der Waals surface area contributed by atoms with Gasteiger partial charge in [-0.25, -0.2) is 0 Å². The molecule has 3 aromatic rings. The molecular weight excluding hydrogens is 334 g/mol. The first kappa shape index (κ1) is 17.3. The number of ketones is 1. The molecule has 27 heavy (non-hydrogen) atoms. The lowest BCUT2D eigenvalue weighted by atomic mass is 9.88. The number of Topliss-reactive ketones (excluding diaryl/α,β-unsaturated/α-hetero) is 1. The number of methoxy groups -OCH3 is 1. The summed E-state index contributed by atoms with van der Waals surface area (Å²) in [7, 11) is 1.62. The summed E-state index contributed by atoms with van der Waals surface area (Å²) >= 11 is 0. The number of carbonyl (C=O) groups is 1. The lowest BCUT2D eigenvalue weighted by Crippen LogP contribution is -2.36. The van der Waals surface area contributed by atoms with Crippen LogP contribution in [0.5, 0.6) is 5.75 Å². The van der Waals surface area contributed by atoms with Gasteiger partial charge < -0.3 is 9.64 Å². The molecule has 1 aliphatic heterocycles. The summed E-state index contributed by atoms with van der Waals surface area (Å²) in [4.78, 5) is 15.4. The van der Waals surface area contributed by atoms with Gasteiger partial charge in [0.25, 0.3) is 0 Å². The zero-order chi connectivity index (χ0) is 18.6. The first-order valence-corrected chi connectivity index (χ1v) is 9.33. The average Bonchev–Trinajstić information content (AvgIpc) is 2.74. The number of para-hydroxylation sites is 1. The average molecular weight is 357 g/mol. The maximum atomic E-state index is 13.1. The van der Waals surface area contributed by atoms with Gasteiger partial charge >= 0.3 is 0 Å². The quantitative estimate of drug-likeness (QED) is 0.597. The summed E-state index contributed by atoms with van der Waals surface area (Å²) < 4.78 is 5.28. The van der Waals surface area contributed by atoms with Gasteiger partial charge in [0.2, 0.25) is 0 Å². The first-order valence-electron chi connectivity index (χ1n) is 9.33. The topological polar surface area (TPSA) is 29.5 Å². The molecule has 3 heteroatoms. The van der Waals surface area contributed by atoms with Crippen molar-refractivity contribution in [3.63, 3.8) is 0 Å². The van der Waals surface area contributed by atoms with Crippen LogP contribution in [0.2, 0.25) is 0 Å². The summed E-state index contributed by atoms with van der Waals surface area (Å²) in [6.07, 6.45) is 1.44. The Bertz CT molecular complexity index is 936. The van der Waals surface area contributed by atoms with Gasteiger partial charge in [-0.1, -0.05) is 54.6 Å². The maximum Gasteiger partial charge on any atom is 0.165 e. The van der Waals surface area contributed by atoms with E-state index in [1.54, 1.807) is 7.11 Å². The van der Waals surface area contributed by atoms with Crippen molar-refractivity contribution in [3.05, 3.63) is 95.6 Å². The molecule has 0 aliphatic carbocycles. The van der Waals surface area contributed by atoms with Crippen molar-refractivity contribution in [1.29, 1.82) is 0 Å². The molecule has 0 spiro atoms. The predicted octanol–water partition coefficient (Wildman–Crippen LogP) is 5.07. The fourth-order valence-corrected chi connectivity index (χ4v) is 3.89. The van der Waals surface area contributed by atoms with Gasteiger partial charge in [-0.3, -0.25) is 4.79 Å². The van der Waals surface area contributed by atoms with Crippen LogP contribution in [0.3, 0.4) is 0 Å². The molecule has 0 radical (unpaired) electrons. The molecule has 1 heterocycles. The molecule has 4 rings (SSSR count). The number of hydrogen-bond donors (Lipinski definition) is 0. The van der Waals surface area contributed by atoms with Crippen molar-refractivity contribution >= 4 is 11.5 Å². The zero-order valence-corrected chi connectivity index (χ0v) is 15.5. The van der Waals surface area contributed by atoms with Crippen molar-refractivity contribution in [3.8, 4) is 5.75 Å². The first-order chi connectivity index (χ1) is 13.3. The van der Waals surface area contributed by atoms with E-state index in [4.69, 9.17) is 4.74 Å². The maximum absolute atomic E-state index is 13.1. The van der Waals surface area contributed by atoms with E-state index >= 15 is 0 Å². The van der Waals surface area contributed by atoms with Crippen LogP contribution < -0.4 is 9.64 Å². The van der Waals surface area contributed by atoms with Gasteiger partial charge in [-0.15, -0.1) is 0 Å². The van der Waals surface area contributed by atoms with Crippen LogP contribution in [0.15, 0.2) is 78.9 Å². The largest absolute Gasteiger partial charge is 0.497 e. The van der Waals surface area contributed by atoms with E-state index in [2.05, 4.69) is 53.4 Å². The van der Waals surface area contributed by atoms with E-state index < -0.39 is 0 Å². The van der Waals surface area contributed by atoms with Crippen LogP contribution in [-0.2, 0) is 6.42 Å². The van der Waals surface area contributed by atoms with E-state index in [1.807, 2.05) is 30.3 Å². The van der Waals surface area contributed by atoms with Crippen LogP contribution >= 0.6 is 0 Å². The van der Waals surface area contributed by atoms with E-state index in [1.165, 1.54) is 11.1 Å². The molecule has 0 amide bonds. The third kappa shape index (κ3) is 3.59. The summed E-state index contributed by atoms with van der Waals surface area (Å²) in [6, 6.07) is 26.3. The van der Waals surface area contributed by atoms with Crippen molar-refractivity contribution in [1.82, 2.24) is 0 Å². The minimum absolute atomic E-state index is 0.0380. The van der Waals surface area contributed by atoms with Gasteiger partial charge in [0.1, 0.15) is 5.75 Å². The van der Waals surface area contributed by atoms with Gasteiger partial charge in [0.15, 0.2) is 5.78 Å². The number of nitrogens with zero attached hydrogens (tertiary/aromatic N) is 1. The second-order valence-corrected chi connectivity index (χ2v) is 6.85. The Balaban J connectivity index is 1.68. The fourth-order valence-electron chi connectivity index (χ4n) is 3.89. The SMILES string of the molecule is COc1cccc(C(=O)CC2c3ccccc3CCN2c2ccccc2)c1. The van der Waals surface area contributed by atoms with Crippen LogP contribution in [0.25, 0.3) is 0 Å². The highest BCUT2D eigenvalue weighted by Crippen LogP contribution is 2.36. The number of hydrogen-bond acceptors (Lipinski definition) is 3. The Hall–Kier alpha value is -3.07. The molecule has 136 valence electrons. The Kier molecular flexibility index (Phi) is 4.93. The molecule has 0 N–H and O–H groups in total. The van der Waals surface area contributed by atoms with Gasteiger partial charge in [-0.05, 0) is 41.8 Å². The minimum atomic E-state index is 0.0380. The van der Waals surface area contributed by atoms with E-state index in [0.717, 1.165) is 18.7 Å². The van der Waals surface area contributed by atoms with Crippen molar-refractivity contribution in [2.24, 2.45) is 0 Å². The Labute approximate surface area is 160 Å². The molecule has 0 fully saturated rings. The summed E-state index contributed by atoms with van der Waals surface area (Å²) in [6.45, 7) is 0.914. The van der Waals surface area contributed by atoms with Gasteiger partial charge in [0, 0.05) is 24.2 Å². The third-order valence-electron chi connectivity index (χ3n) is 5.27. The van der Waals surface area contributed by atoms with Crippen molar-refractivity contribution in [2.75, 3.05) is 18.6 Å². The number of anilines is 1. The molecule has 0 saturated heterocycles. The highest BCUT2D eigenvalue weighted by atomic mass is 16.5. The Morgan fingerprint density at radius 2 is 1.78 bits per heavy atom. The van der Waals surface area contributed by atoms with Crippen LogP contribution in [0.1, 0.15) is 33.9 Å². The lowest BCUT2D eigenvalue weighted by molar-refractivity contribution is 0.0971. The molecule has 1 atom stereocenters. The highest BCUT2D eigenvalue weighted by Gasteiger charge is 2.29. The smallest absolute Gasteiger partial charge is 0.165 e. The van der Waals surface area contributed by atoms with Crippen LogP contribution in [0, 0.1) is 0 Å². The molecule has 1 unspecified atom stereocenters. The summed E-state index contributed by atoms with van der Waals surface area (Å²) in [5.41, 5.74) is 4.46. The number of benzene rings is 3. The predicted molar refractivity (Wildman–Crippen MR) is 109 cm³/mol. The second kappa shape index (κ2) is 7.67. The lowest BCUT2D eigenvalue weighted by Gasteiger charge is -2.39.